The third-order valence-corrected chi connectivity index (χ3v) is 6.95. The van der Waals surface area contributed by atoms with E-state index in [0.29, 0.717) is 23.7 Å². The second kappa shape index (κ2) is 11.9. The number of methoxy groups -OCH3 is 3. The maximum atomic E-state index is 13.5. The number of nitrogens with zero attached hydrogens (tertiary/aromatic N) is 1. The maximum Gasteiger partial charge on any atom is 0.295 e. The lowest BCUT2D eigenvalue weighted by atomic mass is 9.94. The number of Topliss-reactive ketones (excluding diaryl/α,β-unsaturated/α-hetero) is 1. The van der Waals surface area contributed by atoms with Crippen LogP contribution in [-0.4, -0.2) is 49.6 Å². The van der Waals surface area contributed by atoms with Gasteiger partial charge in [-0.05, 0) is 48.4 Å². The van der Waals surface area contributed by atoms with Crippen LogP contribution in [0.1, 0.15) is 29.7 Å². The summed E-state index contributed by atoms with van der Waals surface area (Å²) in [6.45, 7) is 2.44. The molecule has 8 nitrogen and oxygen atoms in total. The van der Waals surface area contributed by atoms with Gasteiger partial charge in [-0.2, -0.15) is 0 Å². The topological polar surface area (TPSA) is 94.5 Å². The van der Waals surface area contributed by atoms with Crippen molar-refractivity contribution in [1.82, 2.24) is 4.90 Å². The Balaban J connectivity index is 1.91. The Morgan fingerprint density at radius 3 is 2.23 bits per heavy atom. The molecule has 1 unspecified atom stereocenters. The highest BCUT2D eigenvalue weighted by atomic mass is 35.5. The molecule has 1 heterocycles. The molecule has 1 N–H and O–H groups in total. The number of carbonyl (C=O) groups excluding carboxylic acids is 2. The van der Waals surface area contributed by atoms with Crippen LogP contribution < -0.4 is 18.9 Å². The number of benzene rings is 3. The van der Waals surface area contributed by atoms with Gasteiger partial charge in [-0.15, -0.1) is 0 Å². The lowest BCUT2D eigenvalue weighted by Crippen LogP contribution is -2.29. The van der Waals surface area contributed by atoms with E-state index < -0.39 is 23.5 Å². The first-order chi connectivity index (χ1) is 18.7. The number of carbonyl (C=O) groups is 2. The molecule has 3 aromatic carbocycles. The first-order valence-corrected chi connectivity index (χ1v) is 12.8. The van der Waals surface area contributed by atoms with Crippen molar-refractivity contribution in [3.05, 3.63) is 86.9 Å². The quantitative estimate of drug-likeness (QED) is 0.190. The second-order valence-corrected chi connectivity index (χ2v) is 9.35. The van der Waals surface area contributed by atoms with Gasteiger partial charge in [-0.3, -0.25) is 9.59 Å². The number of amides is 1. The van der Waals surface area contributed by atoms with E-state index in [9.17, 15) is 14.7 Å². The number of aliphatic hydroxyl groups excluding tert-OH is 1. The minimum atomic E-state index is -0.934. The summed E-state index contributed by atoms with van der Waals surface area (Å²) in [6.07, 6.45) is 0. The molecular formula is C29H27Cl2NO7. The van der Waals surface area contributed by atoms with Crippen molar-refractivity contribution in [2.75, 3.05) is 27.9 Å². The molecule has 0 aliphatic carbocycles. The zero-order valence-corrected chi connectivity index (χ0v) is 23.3. The van der Waals surface area contributed by atoms with E-state index >= 15 is 0 Å². The molecule has 1 fully saturated rings. The Hall–Kier alpha value is -3.88. The summed E-state index contributed by atoms with van der Waals surface area (Å²) in [6, 6.07) is 14.6. The van der Waals surface area contributed by atoms with Crippen molar-refractivity contribution >= 4 is 40.7 Å². The van der Waals surface area contributed by atoms with Gasteiger partial charge in [0.25, 0.3) is 11.7 Å². The van der Waals surface area contributed by atoms with E-state index in [1.807, 2.05) is 25.1 Å². The number of aliphatic hydroxyl groups is 1. The van der Waals surface area contributed by atoms with E-state index in [0.717, 1.165) is 5.56 Å². The van der Waals surface area contributed by atoms with Crippen LogP contribution >= 0.6 is 23.2 Å². The summed E-state index contributed by atoms with van der Waals surface area (Å²) < 4.78 is 21.6. The monoisotopic (exact) mass is 571 g/mol. The molecule has 0 saturated carbocycles. The maximum absolute atomic E-state index is 13.5. The highest BCUT2D eigenvalue weighted by Crippen LogP contribution is 2.47. The second-order valence-electron chi connectivity index (χ2n) is 8.57. The summed E-state index contributed by atoms with van der Waals surface area (Å²) >= 11 is 12.8. The van der Waals surface area contributed by atoms with Crippen LogP contribution in [0.4, 0.5) is 0 Å². The molecule has 1 aliphatic heterocycles. The van der Waals surface area contributed by atoms with Gasteiger partial charge in [0.1, 0.15) is 22.3 Å². The number of ether oxygens (including phenoxy) is 4. The normalized spacial score (nSPS) is 16.4. The number of ketones is 1. The molecule has 1 aliphatic rings. The van der Waals surface area contributed by atoms with Gasteiger partial charge in [0.05, 0.1) is 50.1 Å². The van der Waals surface area contributed by atoms with E-state index in [4.69, 9.17) is 42.1 Å². The Kier molecular flexibility index (Phi) is 8.57. The van der Waals surface area contributed by atoms with Gasteiger partial charge in [-0.1, -0.05) is 47.5 Å². The number of likely N-dealkylation sites (tertiary alicyclic amines) is 1. The fraction of sp³-hybridized carbons (Fsp3) is 0.241. The van der Waals surface area contributed by atoms with Crippen LogP contribution in [-0.2, 0) is 16.1 Å². The summed E-state index contributed by atoms with van der Waals surface area (Å²) in [5.74, 6) is -0.700. The Morgan fingerprint density at radius 1 is 0.923 bits per heavy atom. The van der Waals surface area contributed by atoms with Gasteiger partial charge < -0.3 is 29.0 Å². The average molecular weight is 572 g/mol. The molecule has 39 heavy (non-hydrogen) atoms. The van der Waals surface area contributed by atoms with E-state index in [1.54, 1.807) is 30.3 Å². The van der Waals surface area contributed by atoms with Crippen LogP contribution in [0.25, 0.3) is 5.76 Å². The Labute approximate surface area is 236 Å². The third-order valence-electron chi connectivity index (χ3n) is 6.33. The minimum Gasteiger partial charge on any atom is -0.507 e. The van der Waals surface area contributed by atoms with E-state index in [1.165, 1.54) is 32.3 Å². The smallest absolute Gasteiger partial charge is 0.295 e. The fourth-order valence-corrected chi connectivity index (χ4v) is 5.25. The van der Waals surface area contributed by atoms with E-state index in [-0.39, 0.29) is 39.2 Å². The standard InChI is InChI=1S/C29H27Cl2NO7/c1-5-39-19-8-6-7-16(13-19)15-32-24(17-9-11-18(36-2)12-10-17)22(26(34)29(32)35)25(33)20-14-21(30)28(38-4)23(31)27(20)37-3/h6-14,24,33H,5,15H2,1-4H3/b25-22+. The molecule has 10 heteroatoms. The number of hydrogen-bond donors (Lipinski definition) is 1. The Morgan fingerprint density at radius 2 is 1.62 bits per heavy atom. The Bertz CT molecular complexity index is 1440. The zero-order chi connectivity index (χ0) is 28.3. The molecule has 0 spiro atoms. The molecule has 1 amide bonds. The first kappa shape index (κ1) is 28.1. The molecule has 3 aromatic rings. The van der Waals surface area contributed by atoms with Crippen molar-refractivity contribution in [2.24, 2.45) is 0 Å². The van der Waals surface area contributed by atoms with Crippen molar-refractivity contribution in [3.63, 3.8) is 0 Å². The number of halogens is 2. The van der Waals surface area contributed by atoms with Gasteiger partial charge in [-0.25, -0.2) is 0 Å². The van der Waals surface area contributed by atoms with Crippen molar-refractivity contribution in [1.29, 1.82) is 0 Å². The van der Waals surface area contributed by atoms with Crippen molar-refractivity contribution in [2.45, 2.75) is 19.5 Å². The molecule has 204 valence electrons. The predicted octanol–water partition coefficient (Wildman–Crippen LogP) is 6.04. The van der Waals surface area contributed by atoms with Crippen LogP contribution in [0.2, 0.25) is 10.0 Å². The highest BCUT2D eigenvalue weighted by molar-refractivity contribution is 6.47. The van der Waals surface area contributed by atoms with Crippen LogP contribution in [0.3, 0.4) is 0 Å². The number of rotatable bonds is 9. The summed E-state index contributed by atoms with van der Waals surface area (Å²) in [5, 5.41) is 11.7. The number of hydrogen-bond acceptors (Lipinski definition) is 7. The van der Waals surface area contributed by atoms with Crippen molar-refractivity contribution < 1.29 is 33.6 Å². The highest BCUT2D eigenvalue weighted by Gasteiger charge is 2.46. The molecule has 1 saturated heterocycles. The largest absolute Gasteiger partial charge is 0.507 e. The first-order valence-electron chi connectivity index (χ1n) is 12.0. The summed E-state index contributed by atoms with van der Waals surface area (Å²) in [7, 11) is 4.29. The van der Waals surface area contributed by atoms with Crippen LogP contribution in [0.15, 0.2) is 60.2 Å². The zero-order valence-electron chi connectivity index (χ0n) is 21.8. The average Bonchev–Trinajstić information content (AvgIpc) is 3.18. The lowest BCUT2D eigenvalue weighted by molar-refractivity contribution is -0.140. The molecule has 1 atom stereocenters. The van der Waals surface area contributed by atoms with Crippen molar-refractivity contribution in [3.8, 4) is 23.0 Å². The predicted molar refractivity (Wildman–Crippen MR) is 148 cm³/mol. The van der Waals surface area contributed by atoms with E-state index in [2.05, 4.69) is 0 Å². The molecule has 4 rings (SSSR count). The summed E-state index contributed by atoms with van der Waals surface area (Å²) in [5.41, 5.74) is 1.24. The molecular weight excluding hydrogens is 545 g/mol. The lowest BCUT2D eigenvalue weighted by Gasteiger charge is -2.26. The summed E-state index contributed by atoms with van der Waals surface area (Å²) in [4.78, 5) is 28.3. The van der Waals surface area contributed by atoms with Gasteiger partial charge >= 0.3 is 0 Å². The fourth-order valence-electron chi connectivity index (χ4n) is 4.56. The van der Waals surface area contributed by atoms with Gasteiger partial charge in [0.2, 0.25) is 0 Å². The van der Waals surface area contributed by atoms with Crippen LogP contribution in [0, 0.1) is 0 Å². The molecule has 0 bridgehead atoms. The van der Waals surface area contributed by atoms with Gasteiger partial charge in [0, 0.05) is 6.54 Å². The van der Waals surface area contributed by atoms with Crippen LogP contribution in [0.5, 0.6) is 23.0 Å². The molecule has 0 radical (unpaired) electrons. The minimum absolute atomic E-state index is 0.0111. The molecule has 0 aromatic heterocycles. The SMILES string of the molecule is CCOc1cccc(CN2C(=O)C(=O)/C(=C(/O)c3cc(Cl)c(OC)c(Cl)c3OC)C2c2ccc(OC)cc2)c1. The van der Waals surface area contributed by atoms with Gasteiger partial charge in [0.15, 0.2) is 11.5 Å². The third kappa shape index (κ3) is 5.35.